The third-order valence-electron chi connectivity index (χ3n) is 5.22. The molecule has 2 N–H and O–H groups in total. The third-order valence-corrected chi connectivity index (χ3v) is 5.22. The van der Waals surface area contributed by atoms with E-state index < -0.39 is 0 Å². The molecule has 1 amide bonds. The summed E-state index contributed by atoms with van der Waals surface area (Å²) in [4.78, 5) is 15.6. The number of rotatable bonds is 6. The molecule has 156 valence electrons. The van der Waals surface area contributed by atoms with Gasteiger partial charge in [-0.2, -0.15) is 0 Å². The van der Waals surface area contributed by atoms with Gasteiger partial charge in [-0.1, -0.05) is 6.07 Å². The number of carbonyl (C=O) groups excluding carboxylic acids is 1. The zero-order valence-electron chi connectivity index (χ0n) is 17.3. The van der Waals surface area contributed by atoms with Gasteiger partial charge in [0, 0.05) is 42.2 Å². The number of carbonyl (C=O) groups is 1. The second-order valence-electron chi connectivity index (χ2n) is 7.31. The van der Waals surface area contributed by atoms with E-state index in [2.05, 4.69) is 10.3 Å². The van der Waals surface area contributed by atoms with Gasteiger partial charge in [0.05, 0.1) is 20.3 Å². The van der Waals surface area contributed by atoms with Gasteiger partial charge in [-0.05, 0) is 54.3 Å². The van der Waals surface area contributed by atoms with Crippen LogP contribution in [0.2, 0.25) is 0 Å². The first-order chi connectivity index (χ1) is 14.6. The molecule has 0 bridgehead atoms. The van der Waals surface area contributed by atoms with Crippen LogP contribution in [0.15, 0.2) is 48.7 Å². The van der Waals surface area contributed by atoms with Crippen LogP contribution in [0.1, 0.15) is 24.5 Å². The van der Waals surface area contributed by atoms with E-state index in [1.165, 1.54) is 0 Å². The number of ether oxygens (including phenoxy) is 3. The van der Waals surface area contributed by atoms with Crippen molar-refractivity contribution in [2.45, 2.75) is 19.8 Å². The molecule has 0 aliphatic carbocycles. The van der Waals surface area contributed by atoms with Crippen LogP contribution in [0.5, 0.6) is 17.2 Å². The van der Waals surface area contributed by atoms with E-state index in [9.17, 15) is 4.79 Å². The molecular weight excluding hydrogens is 380 g/mol. The standard InChI is InChI=1S/C24H26N2O4/c1-16(17-4-7-22-23(13-17)30-11-3-10-29-22)12-24(27)25-9-8-18-15-26-21-14-19(28-2)5-6-20(18)21/h4-7,12-15,26H,3,8-11H2,1-2H3,(H,25,27). The molecule has 1 aliphatic heterocycles. The summed E-state index contributed by atoms with van der Waals surface area (Å²) in [6, 6.07) is 11.7. The zero-order valence-corrected chi connectivity index (χ0v) is 17.3. The summed E-state index contributed by atoms with van der Waals surface area (Å²) < 4.78 is 16.7. The first-order valence-electron chi connectivity index (χ1n) is 10.1. The van der Waals surface area contributed by atoms with Gasteiger partial charge in [0.1, 0.15) is 5.75 Å². The molecular formula is C24H26N2O4. The molecule has 6 heteroatoms. The number of allylic oxidation sites excluding steroid dienone is 1. The quantitative estimate of drug-likeness (QED) is 0.605. The molecule has 0 fully saturated rings. The van der Waals surface area contributed by atoms with Crippen molar-refractivity contribution in [2.24, 2.45) is 0 Å². The molecule has 3 aromatic rings. The minimum atomic E-state index is -0.110. The van der Waals surface area contributed by atoms with E-state index in [1.807, 2.05) is 49.5 Å². The van der Waals surface area contributed by atoms with Crippen molar-refractivity contribution < 1.29 is 19.0 Å². The molecule has 0 spiro atoms. The molecule has 6 nitrogen and oxygen atoms in total. The third kappa shape index (κ3) is 4.43. The van der Waals surface area contributed by atoms with Gasteiger partial charge >= 0.3 is 0 Å². The molecule has 0 saturated carbocycles. The van der Waals surface area contributed by atoms with Crippen LogP contribution < -0.4 is 19.5 Å². The summed E-state index contributed by atoms with van der Waals surface area (Å²) in [5, 5.41) is 4.11. The number of fused-ring (bicyclic) bond motifs is 2. The van der Waals surface area contributed by atoms with E-state index in [0.29, 0.717) is 19.8 Å². The molecule has 1 aliphatic rings. The summed E-state index contributed by atoms with van der Waals surface area (Å²) in [6.07, 6.45) is 5.22. The SMILES string of the molecule is COc1ccc2c(CCNC(=O)C=C(C)c3ccc4c(c3)OCCCO4)c[nH]c2c1. The lowest BCUT2D eigenvalue weighted by Gasteiger charge is -2.10. The van der Waals surface area contributed by atoms with Gasteiger partial charge < -0.3 is 24.5 Å². The minimum absolute atomic E-state index is 0.110. The molecule has 0 unspecified atom stereocenters. The highest BCUT2D eigenvalue weighted by Gasteiger charge is 2.12. The van der Waals surface area contributed by atoms with E-state index in [0.717, 1.165) is 57.7 Å². The molecule has 0 saturated heterocycles. The summed E-state index contributed by atoms with van der Waals surface area (Å²) in [5.74, 6) is 2.19. The lowest BCUT2D eigenvalue weighted by atomic mass is 10.1. The number of aromatic amines is 1. The Balaban J connectivity index is 1.36. The Hall–Kier alpha value is -3.41. The molecule has 1 aromatic heterocycles. The minimum Gasteiger partial charge on any atom is -0.497 e. The van der Waals surface area contributed by atoms with Crippen molar-refractivity contribution in [3.63, 3.8) is 0 Å². The number of benzene rings is 2. The van der Waals surface area contributed by atoms with Crippen LogP contribution in [-0.2, 0) is 11.2 Å². The highest BCUT2D eigenvalue weighted by Crippen LogP contribution is 2.32. The Morgan fingerprint density at radius 3 is 2.83 bits per heavy atom. The average Bonchev–Trinajstić information content (AvgIpc) is 3.00. The fourth-order valence-corrected chi connectivity index (χ4v) is 3.56. The predicted octanol–water partition coefficient (Wildman–Crippen LogP) is 4.10. The van der Waals surface area contributed by atoms with Crippen molar-refractivity contribution in [1.82, 2.24) is 10.3 Å². The molecule has 2 heterocycles. The van der Waals surface area contributed by atoms with Gasteiger partial charge in [0.15, 0.2) is 11.5 Å². The fourth-order valence-electron chi connectivity index (χ4n) is 3.56. The van der Waals surface area contributed by atoms with E-state index >= 15 is 0 Å². The smallest absolute Gasteiger partial charge is 0.244 e. The molecule has 0 atom stereocenters. The summed E-state index contributed by atoms with van der Waals surface area (Å²) >= 11 is 0. The van der Waals surface area contributed by atoms with Gasteiger partial charge in [-0.25, -0.2) is 0 Å². The zero-order chi connectivity index (χ0) is 20.9. The lowest BCUT2D eigenvalue weighted by molar-refractivity contribution is -0.116. The van der Waals surface area contributed by atoms with Crippen LogP contribution in [0.4, 0.5) is 0 Å². The number of hydrogen-bond acceptors (Lipinski definition) is 4. The number of methoxy groups -OCH3 is 1. The van der Waals surface area contributed by atoms with E-state index in [4.69, 9.17) is 14.2 Å². The van der Waals surface area contributed by atoms with Crippen molar-refractivity contribution in [3.8, 4) is 17.2 Å². The largest absolute Gasteiger partial charge is 0.497 e. The van der Waals surface area contributed by atoms with E-state index in [1.54, 1.807) is 13.2 Å². The maximum Gasteiger partial charge on any atom is 0.244 e. The topological polar surface area (TPSA) is 72.6 Å². The highest BCUT2D eigenvalue weighted by atomic mass is 16.5. The highest BCUT2D eigenvalue weighted by molar-refractivity contribution is 5.95. The number of aromatic nitrogens is 1. The van der Waals surface area contributed by atoms with Gasteiger partial charge in [0.25, 0.3) is 0 Å². The first kappa shape index (κ1) is 19.9. The molecule has 4 rings (SSSR count). The molecule has 30 heavy (non-hydrogen) atoms. The van der Waals surface area contributed by atoms with Crippen molar-refractivity contribution in [1.29, 1.82) is 0 Å². The summed E-state index contributed by atoms with van der Waals surface area (Å²) in [6.45, 7) is 3.78. The number of nitrogens with one attached hydrogen (secondary N) is 2. The average molecular weight is 406 g/mol. The van der Waals surface area contributed by atoms with Gasteiger partial charge in [-0.15, -0.1) is 0 Å². The maximum absolute atomic E-state index is 12.4. The molecule has 2 aromatic carbocycles. The molecule has 0 radical (unpaired) electrons. The number of amides is 1. The maximum atomic E-state index is 12.4. The van der Waals surface area contributed by atoms with Crippen LogP contribution in [-0.4, -0.2) is 37.8 Å². The Labute approximate surface area is 175 Å². The van der Waals surface area contributed by atoms with Crippen LogP contribution in [0.3, 0.4) is 0 Å². The van der Waals surface area contributed by atoms with Crippen LogP contribution in [0, 0.1) is 0 Å². The normalized spacial score (nSPS) is 13.7. The van der Waals surface area contributed by atoms with Crippen LogP contribution >= 0.6 is 0 Å². The Morgan fingerprint density at radius 1 is 1.17 bits per heavy atom. The van der Waals surface area contributed by atoms with Crippen LogP contribution in [0.25, 0.3) is 16.5 Å². The number of hydrogen-bond donors (Lipinski definition) is 2. The first-order valence-corrected chi connectivity index (χ1v) is 10.1. The Kier molecular flexibility index (Phi) is 5.93. The monoisotopic (exact) mass is 406 g/mol. The van der Waals surface area contributed by atoms with Crippen molar-refractivity contribution in [2.75, 3.05) is 26.9 Å². The van der Waals surface area contributed by atoms with E-state index in [-0.39, 0.29) is 5.91 Å². The van der Waals surface area contributed by atoms with Gasteiger partial charge in [-0.3, -0.25) is 4.79 Å². The second kappa shape index (κ2) is 8.95. The Morgan fingerprint density at radius 2 is 2.00 bits per heavy atom. The van der Waals surface area contributed by atoms with Gasteiger partial charge in [0.2, 0.25) is 5.91 Å². The Bertz CT molecular complexity index is 1080. The fraction of sp³-hybridized carbons (Fsp3) is 0.292. The lowest BCUT2D eigenvalue weighted by Crippen LogP contribution is -2.23. The van der Waals surface area contributed by atoms with Crippen molar-refractivity contribution >= 4 is 22.4 Å². The second-order valence-corrected chi connectivity index (χ2v) is 7.31. The summed E-state index contributed by atoms with van der Waals surface area (Å²) in [5.41, 5.74) is 4.01. The van der Waals surface area contributed by atoms with Crippen molar-refractivity contribution in [3.05, 3.63) is 59.8 Å². The number of H-pyrrole nitrogens is 1. The predicted molar refractivity (Wildman–Crippen MR) is 117 cm³/mol. The summed E-state index contributed by atoms with van der Waals surface area (Å²) in [7, 11) is 1.66.